The number of carbonyl (C=O) groups is 2. The molecule has 0 aromatic heterocycles. The van der Waals surface area contributed by atoms with E-state index in [1.807, 2.05) is 32.0 Å². The van der Waals surface area contributed by atoms with E-state index >= 15 is 0 Å². The fourth-order valence-electron chi connectivity index (χ4n) is 5.40. The molecule has 4 atom stereocenters. The minimum absolute atomic E-state index is 0.0780. The number of urea groups is 1. The summed E-state index contributed by atoms with van der Waals surface area (Å²) in [6, 6.07) is 21.1. The molecule has 1 aliphatic rings. The van der Waals surface area contributed by atoms with Crippen LogP contribution in [0.2, 0.25) is 0 Å². The molecule has 254 valence electrons. The molecule has 0 aliphatic carbocycles. The highest BCUT2D eigenvalue weighted by Crippen LogP contribution is 2.29. The maximum atomic E-state index is 14.3. The highest BCUT2D eigenvalue weighted by atomic mass is 32.2. The van der Waals surface area contributed by atoms with Crippen molar-refractivity contribution in [2.75, 3.05) is 44.0 Å². The number of nitrogens with zero attached hydrogens (tertiary/aromatic N) is 2. The van der Waals surface area contributed by atoms with Gasteiger partial charge in [0, 0.05) is 44.0 Å². The Bertz CT molecular complexity index is 1570. The van der Waals surface area contributed by atoms with Crippen LogP contribution in [0.4, 0.5) is 16.2 Å². The molecular weight excluding hydrogens is 620 g/mol. The van der Waals surface area contributed by atoms with Crippen molar-refractivity contribution in [3.8, 4) is 5.75 Å². The number of anilines is 2. The average molecular weight is 667 g/mol. The van der Waals surface area contributed by atoms with Gasteiger partial charge in [0.05, 0.1) is 35.3 Å². The van der Waals surface area contributed by atoms with Crippen LogP contribution in [-0.2, 0) is 14.8 Å². The molecular formula is C35H46N4O7S. The summed E-state index contributed by atoms with van der Waals surface area (Å²) in [4.78, 5) is 28.8. The van der Waals surface area contributed by atoms with E-state index in [4.69, 9.17) is 9.47 Å². The Morgan fingerprint density at radius 3 is 2.34 bits per heavy atom. The van der Waals surface area contributed by atoms with Gasteiger partial charge in [-0.05, 0) is 75.6 Å². The average Bonchev–Trinajstić information content (AvgIpc) is 3.06. The number of carbonyl (C=O) groups excluding carboxylic acids is 2. The van der Waals surface area contributed by atoms with Crippen molar-refractivity contribution in [3.05, 3.63) is 84.4 Å². The number of benzene rings is 3. The molecule has 47 heavy (non-hydrogen) atoms. The molecule has 0 fully saturated rings. The van der Waals surface area contributed by atoms with Gasteiger partial charge in [-0.15, -0.1) is 0 Å². The molecule has 0 radical (unpaired) electrons. The summed E-state index contributed by atoms with van der Waals surface area (Å²) in [7, 11) is -2.25. The molecule has 0 bridgehead atoms. The van der Waals surface area contributed by atoms with Gasteiger partial charge in [-0.1, -0.05) is 43.3 Å². The molecule has 3 N–H and O–H groups in total. The lowest BCUT2D eigenvalue weighted by Gasteiger charge is -2.35. The van der Waals surface area contributed by atoms with Crippen molar-refractivity contribution in [2.24, 2.45) is 5.92 Å². The van der Waals surface area contributed by atoms with Gasteiger partial charge in [-0.25, -0.2) is 13.2 Å². The van der Waals surface area contributed by atoms with Crippen molar-refractivity contribution in [1.82, 2.24) is 9.21 Å². The Morgan fingerprint density at radius 1 is 1.00 bits per heavy atom. The third-order valence-electron chi connectivity index (χ3n) is 8.23. The van der Waals surface area contributed by atoms with Gasteiger partial charge in [0.1, 0.15) is 5.75 Å². The largest absolute Gasteiger partial charge is 0.490 e. The first-order valence-corrected chi connectivity index (χ1v) is 17.4. The summed E-state index contributed by atoms with van der Waals surface area (Å²) in [5.74, 6) is -0.336. The summed E-state index contributed by atoms with van der Waals surface area (Å²) in [5.41, 5.74) is 1.24. The van der Waals surface area contributed by atoms with E-state index in [0.717, 1.165) is 12.8 Å². The van der Waals surface area contributed by atoms with Crippen molar-refractivity contribution in [3.63, 3.8) is 0 Å². The van der Waals surface area contributed by atoms with Crippen LogP contribution in [0.25, 0.3) is 0 Å². The first kappa shape index (κ1) is 35.9. The van der Waals surface area contributed by atoms with Crippen LogP contribution in [-0.4, -0.2) is 86.3 Å². The SMILES string of the molecule is C[C@@H]1CCCCO[C@@H](CN(C)S(=O)(=O)c2ccccc2)[C@H](C)CN([C@@H](C)CO)C(=O)c2cc(NC(=O)Nc3ccccc3)ccc2O1. The van der Waals surface area contributed by atoms with Gasteiger partial charge >= 0.3 is 6.03 Å². The number of sulfonamides is 1. The zero-order valence-corrected chi connectivity index (χ0v) is 28.3. The van der Waals surface area contributed by atoms with Gasteiger partial charge < -0.3 is 30.1 Å². The van der Waals surface area contributed by atoms with Crippen LogP contribution in [0.5, 0.6) is 5.75 Å². The first-order chi connectivity index (χ1) is 22.5. The fraction of sp³-hybridized carbons (Fsp3) is 0.429. The Labute approximate surface area is 277 Å². The third kappa shape index (κ3) is 9.77. The second-order valence-corrected chi connectivity index (χ2v) is 14.1. The highest BCUT2D eigenvalue weighted by molar-refractivity contribution is 7.89. The van der Waals surface area contributed by atoms with Crippen LogP contribution in [0.3, 0.4) is 0 Å². The van der Waals surface area contributed by atoms with Gasteiger partial charge in [0.15, 0.2) is 0 Å². The van der Waals surface area contributed by atoms with Gasteiger partial charge in [0.25, 0.3) is 5.91 Å². The van der Waals surface area contributed by atoms with E-state index < -0.39 is 34.1 Å². The van der Waals surface area contributed by atoms with Crippen molar-refractivity contribution in [1.29, 1.82) is 0 Å². The number of fused-ring (bicyclic) bond motifs is 1. The minimum atomic E-state index is -3.77. The minimum Gasteiger partial charge on any atom is -0.490 e. The Hall–Kier alpha value is -3.97. The Balaban J connectivity index is 1.63. The second-order valence-electron chi connectivity index (χ2n) is 12.1. The monoisotopic (exact) mass is 666 g/mol. The second kappa shape index (κ2) is 16.7. The number of para-hydroxylation sites is 1. The molecule has 1 heterocycles. The lowest BCUT2D eigenvalue weighted by molar-refractivity contribution is -0.00833. The predicted molar refractivity (Wildman–Crippen MR) is 182 cm³/mol. The van der Waals surface area contributed by atoms with Crippen LogP contribution >= 0.6 is 0 Å². The number of rotatable bonds is 8. The topological polar surface area (TPSA) is 138 Å². The number of amides is 3. The molecule has 0 saturated heterocycles. The number of hydrogen-bond acceptors (Lipinski definition) is 7. The summed E-state index contributed by atoms with van der Waals surface area (Å²) in [6.07, 6.45) is 1.50. The van der Waals surface area contributed by atoms with E-state index in [1.165, 1.54) is 11.4 Å². The normalized spacial score (nSPS) is 20.4. The molecule has 0 unspecified atom stereocenters. The maximum absolute atomic E-state index is 14.3. The molecule has 0 saturated carbocycles. The number of likely N-dealkylation sites (N-methyl/N-ethyl adjacent to an activating group) is 1. The lowest BCUT2D eigenvalue weighted by Crippen LogP contribution is -2.48. The number of nitrogens with one attached hydrogen (secondary N) is 2. The Kier molecular flexibility index (Phi) is 12.8. The van der Waals surface area contributed by atoms with Gasteiger partial charge in [-0.3, -0.25) is 4.79 Å². The van der Waals surface area contributed by atoms with Crippen LogP contribution < -0.4 is 15.4 Å². The number of aliphatic hydroxyl groups is 1. The fourth-order valence-corrected chi connectivity index (χ4v) is 6.61. The van der Waals surface area contributed by atoms with Crippen LogP contribution in [0.1, 0.15) is 50.4 Å². The molecule has 1 aliphatic heterocycles. The molecule has 11 nitrogen and oxygen atoms in total. The predicted octanol–water partition coefficient (Wildman–Crippen LogP) is 5.45. The van der Waals surface area contributed by atoms with Crippen LogP contribution in [0, 0.1) is 5.92 Å². The zero-order chi connectivity index (χ0) is 34.0. The van der Waals surface area contributed by atoms with Crippen molar-refractivity contribution < 1.29 is 32.6 Å². The van der Waals surface area contributed by atoms with Gasteiger partial charge in [-0.2, -0.15) is 4.31 Å². The molecule has 3 aromatic rings. The summed E-state index contributed by atoms with van der Waals surface area (Å²) in [6.45, 7) is 5.96. The summed E-state index contributed by atoms with van der Waals surface area (Å²) >= 11 is 0. The van der Waals surface area contributed by atoms with E-state index in [9.17, 15) is 23.1 Å². The third-order valence-corrected chi connectivity index (χ3v) is 10.1. The Morgan fingerprint density at radius 2 is 1.66 bits per heavy atom. The molecule has 3 aromatic carbocycles. The summed E-state index contributed by atoms with van der Waals surface area (Å²) in [5, 5.41) is 15.8. The zero-order valence-electron chi connectivity index (χ0n) is 27.5. The molecule has 12 heteroatoms. The molecule has 4 rings (SSSR count). The van der Waals surface area contributed by atoms with Crippen molar-refractivity contribution in [2.45, 2.75) is 63.2 Å². The standard InChI is InChI=1S/C35H46N4O7S/c1-25-22-39(26(2)24-40)34(41)31-21-29(37-35(42)36-28-14-7-5-8-15-28)18-19-32(31)46-27(3)13-11-12-20-45-33(25)23-38(4)47(43,44)30-16-9-6-10-17-30/h5-10,14-19,21,25-27,33,40H,11-13,20,22-24H2,1-4H3,(H2,36,37,42)/t25-,26+,27-,33+/m1/s1. The number of hydrogen-bond donors (Lipinski definition) is 3. The van der Waals surface area contributed by atoms with Gasteiger partial charge in [0.2, 0.25) is 10.0 Å². The van der Waals surface area contributed by atoms with E-state index in [2.05, 4.69) is 10.6 Å². The summed E-state index contributed by atoms with van der Waals surface area (Å²) < 4.78 is 40.6. The van der Waals surface area contributed by atoms with Crippen LogP contribution in [0.15, 0.2) is 83.8 Å². The number of ether oxygens (including phenoxy) is 2. The number of aliphatic hydroxyl groups excluding tert-OH is 1. The lowest BCUT2D eigenvalue weighted by atomic mass is 10.0. The molecule has 0 spiro atoms. The smallest absolute Gasteiger partial charge is 0.323 e. The molecule has 3 amide bonds. The maximum Gasteiger partial charge on any atom is 0.323 e. The quantitative estimate of drug-likeness (QED) is 0.291. The van der Waals surface area contributed by atoms with Crippen molar-refractivity contribution >= 4 is 33.3 Å². The van der Waals surface area contributed by atoms with E-state index in [0.29, 0.717) is 30.2 Å². The van der Waals surface area contributed by atoms with E-state index in [1.54, 1.807) is 72.5 Å². The first-order valence-electron chi connectivity index (χ1n) is 16.0. The van der Waals surface area contributed by atoms with E-state index in [-0.39, 0.29) is 42.2 Å². The highest BCUT2D eigenvalue weighted by Gasteiger charge is 2.32.